The molecule has 2 rings (SSSR count). The molecule has 1 aromatic rings. The lowest BCUT2D eigenvalue weighted by molar-refractivity contribution is -0.131. The Labute approximate surface area is 132 Å². The molecule has 22 heavy (non-hydrogen) atoms. The number of nitrogens with zero attached hydrogens (tertiary/aromatic N) is 4. The number of piperidine rings is 1. The second-order valence-corrected chi connectivity index (χ2v) is 5.26. The third-order valence-electron chi connectivity index (χ3n) is 3.37. The van der Waals surface area contributed by atoms with Crippen molar-refractivity contribution in [1.29, 1.82) is 5.26 Å². The largest absolute Gasteiger partial charge is 0.365 e. The van der Waals surface area contributed by atoms with Crippen molar-refractivity contribution in [3.05, 3.63) is 17.0 Å². The van der Waals surface area contributed by atoms with Gasteiger partial charge in [-0.05, 0) is 24.4 Å². The lowest BCUT2D eigenvalue weighted by Crippen LogP contribution is -2.45. The molecule has 2 heterocycles. The van der Waals surface area contributed by atoms with Crippen LogP contribution < -0.4 is 11.1 Å². The van der Waals surface area contributed by atoms with Gasteiger partial charge in [-0.2, -0.15) is 10.2 Å². The molecular weight excluding hydrogens is 308 g/mol. The fraction of sp³-hybridized carbons (Fsp3) is 0.462. The molecule has 0 bridgehead atoms. The summed E-state index contributed by atoms with van der Waals surface area (Å²) in [6.45, 7) is 1.05. The van der Waals surface area contributed by atoms with Crippen LogP contribution in [0.1, 0.15) is 29.6 Å². The van der Waals surface area contributed by atoms with E-state index in [1.54, 1.807) is 4.90 Å². The summed E-state index contributed by atoms with van der Waals surface area (Å²) in [4.78, 5) is 32.5. The Kier molecular flexibility index (Phi) is 5.12. The second-order valence-electron chi connectivity index (χ2n) is 4.92. The first-order valence-electron chi connectivity index (χ1n) is 6.75. The van der Waals surface area contributed by atoms with E-state index in [4.69, 9.17) is 22.6 Å². The van der Waals surface area contributed by atoms with Crippen LogP contribution in [0.5, 0.6) is 0 Å². The van der Waals surface area contributed by atoms with Crippen molar-refractivity contribution >= 4 is 29.2 Å². The Morgan fingerprint density at radius 1 is 1.59 bits per heavy atom. The number of nitrogens with one attached hydrogen (secondary N) is 1. The van der Waals surface area contributed by atoms with E-state index < -0.39 is 5.91 Å². The molecule has 1 saturated heterocycles. The van der Waals surface area contributed by atoms with Gasteiger partial charge in [0.25, 0.3) is 5.91 Å². The molecule has 0 aliphatic carbocycles. The van der Waals surface area contributed by atoms with Crippen LogP contribution in [0.4, 0.5) is 5.82 Å². The Bertz CT molecular complexity index is 629. The van der Waals surface area contributed by atoms with Crippen molar-refractivity contribution < 1.29 is 9.59 Å². The minimum atomic E-state index is -0.660. The van der Waals surface area contributed by atoms with Crippen LogP contribution in [-0.4, -0.2) is 45.8 Å². The minimum absolute atomic E-state index is 0.000669. The summed E-state index contributed by atoms with van der Waals surface area (Å²) in [6, 6.07) is 1.75. The summed E-state index contributed by atoms with van der Waals surface area (Å²) >= 11 is 5.74. The number of carbonyl (C=O) groups excluding carboxylic acids is 2. The molecule has 1 aliphatic heterocycles. The summed E-state index contributed by atoms with van der Waals surface area (Å²) in [5, 5.41) is 11.7. The minimum Gasteiger partial charge on any atom is -0.365 e. The van der Waals surface area contributed by atoms with Crippen LogP contribution in [-0.2, 0) is 4.79 Å². The number of hydrogen-bond donors (Lipinski definition) is 2. The van der Waals surface area contributed by atoms with E-state index >= 15 is 0 Å². The van der Waals surface area contributed by atoms with Gasteiger partial charge in [-0.25, -0.2) is 4.98 Å². The highest BCUT2D eigenvalue weighted by molar-refractivity contribution is 6.28. The maximum Gasteiger partial charge on any atom is 0.254 e. The van der Waals surface area contributed by atoms with Gasteiger partial charge in [0.05, 0.1) is 11.6 Å². The summed E-state index contributed by atoms with van der Waals surface area (Å²) in [6.07, 6.45) is 2.72. The summed E-state index contributed by atoms with van der Waals surface area (Å²) < 4.78 is 0. The van der Waals surface area contributed by atoms with Gasteiger partial charge in [-0.15, -0.1) is 0 Å². The lowest BCUT2D eigenvalue weighted by Gasteiger charge is -2.33. The lowest BCUT2D eigenvalue weighted by atomic mass is 10.0. The molecule has 1 fully saturated rings. The molecule has 9 heteroatoms. The third kappa shape index (κ3) is 3.83. The van der Waals surface area contributed by atoms with E-state index in [0.717, 1.165) is 12.8 Å². The standard InChI is InChI=1S/C13H15ClN6O2/c14-13-17-6-9(11(16)22)12(19-13)18-8-2-1-5-20(7-8)10(21)3-4-15/h6,8H,1-3,5,7H2,(H2,16,22)(H,17,18,19). The van der Waals surface area contributed by atoms with Crippen LogP contribution in [0.3, 0.4) is 0 Å². The molecule has 1 aromatic heterocycles. The maximum atomic E-state index is 11.8. The fourth-order valence-electron chi connectivity index (χ4n) is 2.34. The van der Waals surface area contributed by atoms with Crippen molar-refractivity contribution in [3.8, 4) is 6.07 Å². The van der Waals surface area contributed by atoms with Crippen LogP contribution >= 0.6 is 11.6 Å². The molecule has 0 spiro atoms. The Hall–Kier alpha value is -2.40. The number of aromatic nitrogens is 2. The van der Waals surface area contributed by atoms with Crippen molar-refractivity contribution in [3.63, 3.8) is 0 Å². The molecule has 2 amide bonds. The van der Waals surface area contributed by atoms with Gasteiger partial charge in [0, 0.05) is 25.3 Å². The van der Waals surface area contributed by atoms with Crippen molar-refractivity contribution in [2.75, 3.05) is 18.4 Å². The molecule has 1 atom stereocenters. The van der Waals surface area contributed by atoms with Crippen molar-refractivity contribution in [2.24, 2.45) is 5.73 Å². The first-order valence-corrected chi connectivity index (χ1v) is 7.12. The van der Waals surface area contributed by atoms with Gasteiger partial charge in [-0.1, -0.05) is 0 Å². The maximum absolute atomic E-state index is 11.8. The number of rotatable bonds is 4. The number of nitrogens with two attached hydrogens (primary N) is 1. The number of hydrogen-bond acceptors (Lipinski definition) is 6. The predicted molar refractivity (Wildman–Crippen MR) is 79.0 cm³/mol. The SMILES string of the molecule is N#CCC(=O)N1CCCC(Nc2nc(Cl)ncc2C(N)=O)C1. The van der Waals surface area contributed by atoms with Crippen molar-refractivity contribution in [2.45, 2.75) is 25.3 Å². The van der Waals surface area contributed by atoms with Gasteiger partial charge in [-0.3, -0.25) is 9.59 Å². The smallest absolute Gasteiger partial charge is 0.254 e. The average molecular weight is 323 g/mol. The third-order valence-corrected chi connectivity index (χ3v) is 3.55. The van der Waals surface area contributed by atoms with Gasteiger partial charge in [0.2, 0.25) is 11.2 Å². The highest BCUT2D eigenvalue weighted by Gasteiger charge is 2.25. The quantitative estimate of drug-likeness (QED) is 0.779. The zero-order valence-corrected chi connectivity index (χ0v) is 12.5. The highest BCUT2D eigenvalue weighted by atomic mass is 35.5. The number of halogens is 1. The van der Waals surface area contributed by atoms with E-state index in [0.29, 0.717) is 13.1 Å². The van der Waals surface area contributed by atoms with Crippen LogP contribution in [0.15, 0.2) is 6.20 Å². The average Bonchev–Trinajstić information content (AvgIpc) is 2.47. The summed E-state index contributed by atoms with van der Waals surface area (Å²) in [5.74, 6) is -0.607. The number of amides is 2. The van der Waals surface area contributed by atoms with Crippen LogP contribution in [0.2, 0.25) is 5.28 Å². The highest BCUT2D eigenvalue weighted by Crippen LogP contribution is 2.19. The second kappa shape index (κ2) is 7.04. The number of anilines is 1. The Balaban J connectivity index is 2.10. The van der Waals surface area contributed by atoms with E-state index in [1.807, 2.05) is 6.07 Å². The number of primary amides is 1. The zero-order valence-electron chi connectivity index (χ0n) is 11.8. The van der Waals surface area contributed by atoms with Gasteiger partial charge >= 0.3 is 0 Å². The molecule has 0 radical (unpaired) electrons. The molecule has 8 nitrogen and oxygen atoms in total. The van der Waals surface area contributed by atoms with Crippen molar-refractivity contribution in [1.82, 2.24) is 14.9 Å². The van der Waals surface area contributed by atoms with Gasteiger partial charge in [0.1, 0.15) is 12.2 Å². The Morgan fingerprint density at radius 3 is 3.05 bits per heavy atom. The summed E-state index contributed by atoms with van der Waals surface area (Å²) in [7, 11) is 0. The first kappa shape index (κ1) is 16.0. The monoisotopic (exact) mass is 322 g/mol. The topological polar surface area (TPSA) is 125 Å². The molecule has 116 valence electrons. The van der Waals surface area contributed by atoms with E-state index in [9.17, 15) is 9.59 Å². The molecule has 1 unspecified atom stereocenters. The molecule has 0 aromatic carbocycles. The number of likely N-dealkylation sites (tertiary alicyclic amines) is 1. The van der Waals surface area contributed by atoms with E-state index in [-0.39, 0.29) is 35.0 Å². The fourth-order valence-corrected chi connectivity index (χ4v) is 2.48. The van der Waals surface area contributed by atoms with Crippen LogP contribution in [0, 0.1) is 11.3 Å². The number of carbonyl (C=O) groups is 2. The van der Waals surface area contributed by atoms with E-state index in [1.165, 1.54) is 6.20 Å². The molecule has 3 N–H and O–H groups in total. The van der Waals surface area contributed by atoms with Crippen LogP contribution in [0.25, 0.3) is 0 Å². The summed E-state index contributed by atoms with van der Waals surface area (Å²) in [5.41, 5.74) is 5.43. The molecule has 1 aliphatic rings. The van der Waals surface area contributed by atoms with Gasteiger partial charge in [0.15, 0.2) is 0 Å². The number of nitriles is 1. The molecule has 0 saturated carbocycles. The predicted octanol–water partition coefficient (Wildman–Crippen LogP) is 0.545. The van der Waals surface area contributed by atoms with Gasteiger partial charge < -0.3 is 16.0 Å². The zero-order chi connectivity index (χ0) is 16.1. The normalized spacial score (nSPS) is 17.6. The molecular formula is C13H15ClN6O2. The first-order chi connectivity index (χ1) is 10.5. The Morgan fingerprint density at radius 2 is 2.36 bits per heavy atom. The van der Waals surface area contributed by atoms with E-state index in [2.05, 4.69) is 15.3 Å².